The van der Waals surface area contributed by atoms with Gasteiger partial charge in [-0.1, -0.05) is 0 Å². The Kier molecular flexibility index (Phi) is 3.08. The van der Waals surface area contributed by atoms with Crippen molar-refractivity contribution in [1.29, 1.82) is 0 Å². The van der Waals surface area contributed by atoms with Gasteiger partial charge in [0.2, 0.25) is 0 Å². The molecule has 0 fully saturated rings. The molecular formula is C15H16FN5. The lowest BCUT2D eigenvalue weighted by atomic mass is 10.1. The summed E-state index contributed by atoms with van der Waals surface area (Å²) in [5, 5.41) is 0. The Balaban J connectivity index is 2.25. The molecule has 3 aromatic heterocycles. The fourth-order valence-electron chi connectivity index (χ4n) is 2.57. The molecule has 0 aliphatic rings. The van der Waals surface area contributed by atoms with Gasteiger partial charge < -0.3 is 10.3 Å². The Hall–Kier alpha value is -2.50. The zero-order valence-corrected chi connectivity index (χ0v) is 12.1. The van der Waals surface area contributed by atoms with Gasteiger partial charge in [-0.15, -0.1) is 0 Å². The Morgan fingerprint density at radius 3 is 2.67 bits per heavy atom. The number of imidazole rings is 1. The van der Waals surface area contributed by atoms with Crippen LogP contribution >= 0.6 is 0 Å². The van der Waals surface area contributed by atoms with Crippen molar-refractivity contribution in [2.24, 2.45) is 0 Å². The number of nitrogen functional groups attached to an aromatic ring is 1. The van der Waals surface area contributed by atoms with Crippen molar-refractivity contribution < 1.29 is 4.39 Å². The number of fused-ring (bicyclic) bond motifs is 1. The minimum absolute atomic E-state index is 0.249. The number of aromatic nitrogens is 4. The van der Waals surface area contributed by atoms with E-state index in [0.29, 0.717) is 16.8 Å². The zero-order valence-electron chi connectivity index (χ0n) is 12.1. The van der Waals surface area contributed by atoms with Crippen LogP contribution in [0, 0.1) is 12.7 Å². The van der Waals surface area contributed by atoms with Crippen molar-refractivity contribution in [2.75, 3.05) is 5.73 Å². The average molecular weight is 285 g/mol. The highest BCUT2D eigenvalue weighted by Crippen LogP contribution is 2.27. The van der Waals surface area contributed by atoms with Gasteiger partial charge in [0.1, 0.15) is 17.5 Å². The molecule has 3 heterocycles. The summed E-state index contributed by atoms with van der Waals surface area (Å²) >= 11 is 0. The molecule has 0 saturated heterocycles. The maximum Gasteiger partial charge on any atom is 0.177 e. The molecule has 6 heteroatoms. The fourth-order valence-corrected chi connectivity index (χ4v) is 2.57. The van der Waals surface area contributed by atoms with E-state index in [1.165, 1.54) is 6.07 Å². The molecule has 0 saturated carbocycles. The Bertz CT molecular complexity index is 822. The number of nitrogens with zero attached hydrogens (tertiary/aromatic N) is 4. The van der Waals surface area contributed by atoms with E-state index in [9.17, 15) is 4.39 Å². The average Bonchev–Trinajstić information content (AvgIpc) is 2.76. The number of anilines is 1. The van der Waals surface area contributed by atoms with E-state index in [-0.39, 0.29) is 11.9 Å². The second-order valence-electron chi connectivity index (χ2n) is 5.28. The first-order chi connectivity index (χ1) is 9.97. The van der Waals surface area contributed by atoms with E-state index in [4.69, 9.17) is 5.73 Å². The number of aryl methyl sites for hydroxylation is 1. The predicted molar refractivity (Wildman–Crippen MR) is 80.3 cm³/mol. The van der Waals surface area contributed by atoms with Gasteiger partial charge in [0, 0.05) is 23.4 Å². The van der Waals surface area contributed by atoms with Crippen molar-refractivity contribution in [3.63, 3.8) is 0 Å². The van der Waals surface area contributed by atoms with Crippen molar-refractivity contribution in [1.82, 2.24) is 19.5 Å². The first-order valence-electron chi connectivity index (χ1n) is 6.73. The van der Waals surface area contributed by atoms with Gasteiger partial charge in [-0.2, -0.15) is 0 Å². The summed E-state index contributed by atoms with van der Waals surface area (Å²) in [4.78, 5) is 12.5. The minimum Gasteiger partial charge on any atom is -0.384 e. The third kappa shape index (κ3) is 2.22. The van der Waals surface area contributed by atoms with Crippen molar-refractivity contribution in [2.45, 2.75) is 26.8 Å². The van der Waals surface area contributed by atoms with Crippen LogP contribution in [-0.4, -0.2) is 19.5 Å². The minimum atomic E-state index is -0.419. The third-order valence-corrected chi connectivity index (χ3v) is 3.43. The lowest BCUT2D eigenvalue weighted by Gasteiger charge is -2.11. The van der Waals surface area contributed by atoms with Crippen LogP contribution in [0.2, 0.25) is 0 Å². The molecule has 0 aromatic carbocycles. The number of halogens is 1. The lowest BCUT2D eigenvalue weighted by molar-refractivity contribution is 0.600. The van der Waals surface area contributed by atoms with Crippen LogP contribution in [0.25, 0.3) is 22.3 Å². The summed E-state index contributed by atoms with van der Waals surface area (Å²) in [5.41, 5.74) is 8.25. The monoisotopic (exact) mass is 285 g/mol. The van der Waals surface area contributed by atoms with E-state index < -0.39 is 5.82 Å². The summed E-state index contributed by atoms with van der Waals surface area (Å²) in [7, 11) is 0. The topological polar surface area (TPSA) is 69.6 Å². The summed E-state index contributed by atoms with van der Waals surface area (Å²) in [6, 6.07) is 3.65. The van der Waals surface area contributed by atoms with Crippen LogP contribution < -0.4 is 5.73 Å². The van der Waals surface area contributed by atoms with Crippen LogP contribution in [-0.2, 0) is 0 Å². The molecule has 0 bridgehead atoms. The highest BCUT2D eigenvalue weighted by molar-refractivity contribution is 5.79. The fraction of sp³-hybridized carbons (Fsp3) is 0.267. The number of hydrogen-bond donors (Lipinski definition) is 1. The first-order valence-corrected chi connectivity index (χ1v) is 6.73. The van der Waals surface area contributed by atoms with Crippen LogP contribution in [0.15, 0.2) is 24.5 Å². The second-order valence-corrected chi connectivity index (χ2v) is 5.28. The molecule has 3 rings (SSSR count). The molecule has 5 nitrogen and oxygen atoms in total. The van der Waals surface area contributed by atoms with Crippen LogP contribution in [0.1, 0.15) is 25.7 Å². The second kappa shape index (κ2) is 4.80. The van der Waals surface area contributed by atoms with Crippen LogP contribution in [0.5, 0.6) is 0 Å². The van der Waals surface area contributed by atoms with Gasteiger partial charge in [0.25, 0.3) is 0 Å². The van der Waals surface area contributed by atoms with E-state index >= 15 is 0 Å². The molecule has 0 atom stereocenters. The van der Waals surface area contributed by atoms with E-state index in [1.807, 2.05) is 13.0 Å². The van der Waals surface area contributed by atoms with E-state index in [2.05, 4.69) is 33.4 Å². The molecule has 0 aliphatic carbocycles. The van der Waals surface area contributed by atoms with Gasteiger partial charge in [-0.05, 0) is 32.9 Å². The summed E-state index contributed by atoms with van der Waals surface area (Å²) in [6.45, 7) is 6.09. The zero-order chi connectivity index (χ0) is 15.1. The van der Waals surface area contributed by atoms with Gasteiger partial charge >= 0.3 is 0 Å². The molecule has 0 radical (unpaired) electrons. The molecule has 3 aromatic rings. The Labute approximate surface area is 121 Å². The summed E-state index contributed by atoms with van der Waals surface area (Å²) in [5.74, 6) is 0.747. The number of nitrogens with two attached hydrogens (primary N) is 1. The van der Waals surface area contributed by atoms with Gasteiger partial charge in [-0.3, -0.25) is 0 Å². The van der Waals surface area contributed by atoms with Crippen molar-refractivity contribution in [3.8, 4) is 11.1 Å². The third-order valence-electron chi connectivity index (χ3n) is 3.43. The van der Waals surface area contributed by atoms with Crippen molar-refractivity contribution in [3.05, 3.63) is 36.2 Å². The predicted octanol–water partition coefficient (Wildman–Crippen LogP) is 3.10. The van der Waals surface area contributed by atoms with E-state index in [0.717, 1.165) is 17.5 Å². The van der Waals surface area contributed by atoms with Gasteiger partial charge in [0.15, 0.2) is 5.65 Å². The molecule has 0 spiro atoms. The van der Waals surface area contributed by atoms with Gasteiger partial charge in [0.05, 0.1) is 11.7 Å². The molecule has 108 valence electrons. The normalized spacial score (nSPS) is 11.5. The molecule has 2 N–H and O–H groups in total. The van der Waals surface area contributed by atoms with Gasteiger partial charge in [-0.25, -0.2) is 19.3 Å². The van der Waals surface area contributed by atoms with Crippen LogP contribution in [0.3, 0.4) is 0 Å². The summed E-state index contributed by atoms with van der Waals surface area (Å²) in [6.07, 6.45) is 2.73. The molecular weight excluding hydrogens is 269 g/mol. The largest absolute Gasteiger partial charge is 0.384 e. The molecule has 21 heavy (non-hydrogen) atoms. The number of rotatable bonds is 2. The lowest BCUT2D eigenvalue weighted by Crippen LogP contribution is -2.03. The van der Waals surface area contributed by atoms with Crippen LogP contribution in [0.4, 0.5) is 10.2 Å². The molecule has 0 aliphatic heterocycles. The van der Waals surface area contributed by atoms with Crippen molar-refractivity contribution >= 4 is 17.0 Å². The first kappa shape index (κ1) is 13.5. The Morgan fingerprint density at radius 2 is 1.95 bits per heavy atom. The highest BCUT2D eigenvalue weighted by Gasteiger charge is 2.14. The standard InChI is InChI=1S/C15H16FN5/c1-8(2)21-9(3)20-15-13(21)4-10(6-19-15)11-5-14(17)18-7-12(11)16/h4-8H,1-3H3,(H2,17,18). The molecule has 0 amide bonds. The quantitative estimate of drug-likeness (QED) is 0.785. The smallest absolute Gasteiger partial charge is 0.177 e. The maximum absolute atomic E-state index is 14.0. The summed E-state index contributed by atoms with van der Waals surface area (Å²) < 4.78 is 16.0. The molecule has 0 unspecified atom stereocenters. The highest BCUT2D eigenvalue weighted by atomic mass is 19.1. The maximum atomic E-state index is 14.0. The van der Waals surface area contributed by atoms with E-state index in [1.54, 1.807) is 6.20 Å². The Morgan fingerprint density at radius 1 is 1.19 bits per heavy atom. The SMILES string of the molecule is Cc1nc2ncc(-c3cc(N)ncc3F)cc2n1C(C)C. The number of pyridine rings is 2. The number of hydrogen-bond acceptors (Lipinski definition) is 4.